The standard InChI is InChI=1S/C17H18BrNO/c1-12-5-8-17(13(9-12)11-19-15-6-7-15)20-16-4-2-3-14(18)10-16/h2-5,8-10,15,19H,6-7,11H2,1H3. The highest BCUT2D eigenvalue weighted by atomic mass is 79.9. The van der Waals surface area contributed by atoms with Crippen LogP contribution in [0, 0.1) is 6.92 Å². The minimum absolute atomic E-state index is 0.703. The molecule has 0 atom stereocenters. The Hall–Kier alpha value is -1.32. The topological polar surface area (TPSA) is 21.3 Å². The van der Waals surface area contributed by atoms with Gasteiger partial charge in [-0.1, -0.05) is 39.7 Å². The van der Waals surface area contributed by atoms with Gasteiger partial charge in [-0.15, -0.1) is 0 Å². The molecule has 0 radical (unpaired) electrons. The Morgan fingerprint density at radius 1 is 1.20 bits per heavy atom. The lowest BCUT2D eigenvalue weighted by Gasteiger charge is -2.13. The van der Waals surface area contributed by atoms with E-state index in [-0.39, 0.29) is 0 Å². The molecule has 2 aromatic rings. The van der Waals surface area contributed by atoms with Crippen molar-refractivity contribution in [1.82, 2.24) is 5.32 Å². The molecular weight excluding hydrogens is 314 g/mol. The van der Waals surface area contributed by atoms with Crippen molar-refractivity contribution in [2.24, 2.45) is 0 Å². The molecule has 1 saturated carbocycles. The maximum atomic E-state index is 6.03. The van der Waals surface area contributed by atoms with E-state index in [1.165, 1.54) is 24.0 Å². The summed E-state index contributed by atoms with van der Waals surface area (Å²) >= 11 is 3.47. The molecule has 1 N–H and O–H groups in total. The largest absolute Gasteiger partial charge is 0.457 e. The molecule has 0 saturated heterocycles. The summed E-state index contributed by atoms with van der Waals surface area (Å²) in [4.78, 5) is 0. The quantitative estimate of drug-likeness (QED) is 0.849. The summed E-state index contributed by atoms with van der Waals surface area (Å²) in [5, 5.41) is 3.55. The Balaban J connectivity index is 1.79. The van der Waals surface area contributed by atoms with Crippen molar-refractivity contribution in [3.63, 3.8) is 0 Å². The fourth-order valence-electron chi connectivity index (χ4n) is 2.15. The lowest BCUT2D eigenvalue weighted by atomic mass is 10.1. The van der Waals surface area contributed by atoms with Crippen molar-refractivity contribution in [3.05, 3.63) is 58.1 Å². The lowest BCUT2D eigenvalue weighted by molar-refractivity contribution is 0.472. The van der Waals surface area contributed by atoms with Gasteiger partial charge < -0.3 is 10.1 Å². The van der Waals surface area contributed by atoms with Crippen LogP contribution in [0.15, 0.2) is 46.9 Å². The van der Waals surface area contributed by atoms with Gasteiger partial charge in [-0.2, -0.15) is 0 Å². The smallest absolute Gasteiger partial charge is 0.131 e. The van der Waals surface area contributed by atoms with Gasteiger partial charge in [0.2, 0.25) is 0 Å². The third-order valence-electron chi connectivity index (χ3n) is 3.40. The van der Waals surface area contributed by atoms with Gasteiger partial charge in [0.25, 0.3) is 0 Å². The van der Waals surface area contributed by atoms with Gasteiger partial charge in [-0.3, -0.25) is 0 Å². The van der Waals surface area contributed by atoms with Crippen LogP contribution in [0.1, 0.15) is 24.0 Å². The summed E-state index contributed by atoms with van der Waals surface area (Å²) in [6.07, 6.45) is 2.60. The van der Waals surface area contributed by atoms with Crippen molar-refractivity contribution < 1.29 is 4.74 Å². The van der Waals surface area contributed by atoms with Crippen LogP contribution >= 0.6 is 15.9 Å². The number of nitrogens with one attached hydrogen (secondary N) is 1. The Morgan fingerprint density at radius 3 is 2.80 bits per heavy atom. The molecule has 2 nitrogen and oxygen atoms in total. The number of hydrogen-bond acceptors (Lipinski definition) is 2. The van der Waals surface area contributed by atoms with Crippen LogP contribution in [-0.2, 0) is 6.54 Å². The summed E-state index contributed by atoms with van der Waals surface area (Å²) in [5.41, 5.74) is 2.48. The minimum atomic E-state index is 0.703. The maximum absolute atomic E-state index is 6.03. The Bertz CT molecular complexity index is 608. The summed E-state index contributed by atoms with van der Waals surface area (Å²) in [7, 11) is 0. The van der Waals surface area contributed by atoms with Gasteiger partial charge in [0.15, 0.2) is 0 Å². The van der Waals surface area contributed by atoms with Gasteiger partial charge in [0, 0.05) is 22.6 Å². The first kappa shape index (κ1) is 13.7. The number of benzene rings is 2. The average Bonchev–Trinajstić information content (AvgIpc) is 3.23. The molecule has 104 valence electrons. The van der Waals surface area contributed by atoms with Crippen LogP contribution in [0.5, 0.6) is 11.5 Å². The summed E-state index contributed by atoms with van der Waals surface area (Å²) in [6.45, 7) is 2.99. The van der Waals surface area contributed by atoms with Crippen LogP contribution in [0.25, 0.3) is 0 Å². The first-order chi connectivity index (χ1) is 9.70. The molecular formula is C17H18BrNO. The van der Waals surface area contributed by atoms with Crippen LogP contribution in [0.2, 0.25) is 0 Å². The molecule has 1 aliphatic carbocycles. The number of ether oxygens (including phenoxy) is 1. The molecule has 0 aromatic heterocycles. The van der Waals surface area contributed by atoms with Gasteiger partial charge >= 0.3 is 0 Å². The van der Waals surface area contributed by atoms with E-state index < -0.39 is 0 Å². The van der Waals surface area contributed by atoms with Gasteiger partial charge in [-0.05, 0) is 44.0 Å². The average molecular weight is 332 g/mol. The predicted octanol–water partition coefficient (Wildman–Crippen LogP) is 4.80. The second-order valence-corrected chi connectivity index (χ2v) is 6.24. The number of rotatable bonds is 5. The zero-order valence-electron chi connectivity index (χ0n) is 11.5. The molecule has 1 aliphatic rings. The summed E-state index contributed by atoms with van der Waals surface area (Å²) < 4.78 is 7.06. The normalized spacial score (nSPS) is 14.3. The van der Waals surface area contributed by atoms with Crippen molar-refractivity contribution in [2.45, 2.75) is 32.4 Å². The number of hydrogen-bond donors (Lipinski definition) is 1. The SMILES string of the molecule is Cc1ccc(Oc2cccc(Br)c2)c(CNC2CC2)c1. The van der Waals surface area contributed by atoms with E-state index in [4.69, 9.17) is 4.74 Å². The molecule has 0 aliphatic heterocycles. The third-order valence-corrected chi connectivity index (χ3v) is 3.89. The van der Waals surface area contributed by atoms with E-state index in [0.717, 1.165) is 22.5 Å². The molecule has 0 spiro atoms. The van der Waals surface area contributed by atoms with E-state index in [2.05, 4.69) is 46.4 Å². The summed E-state index contributed by atoms with van der Waals surface area (Å²) in [5.74, 6) is 1.79. The molecule has 0 unspecified atom stereocenters. The van der Waals surface area contributed by atoms with E-state index in [0.29, 0.717) is 6.04 Å². The van der Waals surface area contributed by atoms with Gasteiger partial charge in [-0.25, -0.2) is 0 Å². The monoisotopic (exact) mass is 331 g/mol. The molecule has 0 bridgehead atoms. The molecule has 2 aromatic carbocycles. The first-order valence-electron chi connectivity index (χ1n) is 6.97. The van der Waals surface area contributed by atoms with Crippen LogP contribution in [0.3, 0.4) is 0 Å². The van der Waals surface area contributed by atoms with E-state index in [1.807, 2.05) is 24.3 Å². The van der Waals surface area contributed by atoms with Gasteiger partial charge in [0.05, 0.1) is 0 Å². The Kier molecular flexibility index (Phi) is 4.08. The molecule has 0 amide bonds. The van der Waals surface area contributed by atoms with E-state index in [1.54, 1.807) is 0 Å². The molecule has 3 heteroatoms. The molecule has 3 rings (SSSR count). The fraction of sp³-hybridized carbons (Fsp3) is 0.294. The second kappa shape index (κ2) is 5.98. The highest BCUT2D eigenvalue weighted by Crippen LogP contribution is 2.29. The number of halogens is 1. The van der Waals surface area contributed by atoms with Crippen molar-refractivity contribution in [2.75, 3.05) is 0 Å². The highest BCUT2D eigenvalue weighted by Gasteiger charge is 2.20. The molecule has 1 fully saturated rings. The predicted molar refractivity (Wildman–Crippen MR) is 85.3 cm³/mol. The maximum Gasteiger partial charge on any atom is 0.131 e. The Morgan fingerprint density at radius 2 is 2.05 bits per heavy atom. The van der Waals surface area contributed by atoms with Crippen LogP contribution < -0.4 is 10.1 Å². The van der Waals surface area contributed by atoms with Crippen molar-refractivity contribution >= 4 is 15.9 Å². The van der Waals surface area contributed by atoms with E-state index in [9.17, 15) is 0 Å². The van der Waals surface area contributed by atoms with Crippen molar-refractivity contribution in [3.8, 4) is 11.5 Å². The summed E-state index contributed by atoms with van der Waals surface area (Å²) in [6, 6.07) is 15.0. The highest BCUT2D eigenvalue weighted by molar-refractivity contribution is 9.10. The van der Waals surface area contributed by atoms with E-state index >= 15 is 0 Å². The minimum Gasteiger partial charge on any atom is -0.457 e. The third kappa shape index (κ3) is 3.62. The molecule has 20 heavy (non-hydrogen) atoms. The lowest BCUT2D eigenvalue weighted by Crippen LogP contribution is -2.15. The molecule has 0 heterocycles. The van der Waals surface area contributed by atoms with Crippen LogP contribution in [0.4, 0.5) is 0 Å². The first-order valence-corrected chi connectivity index (χ1v) is 7.76. The number of aryl methyl sites for hydroxylation is 1. The second-order valence-electron chi connectivity index (χ2n) is 5.33. The zero-order chi connectivity index (χ0) is 13.9. The van der Waals surface area contributed by atoms with Gasteiger partial charge in [0.1, 0.15) is 11.5 Å². The Labute approximate surface area is 128 Å². The van der Waals surface area contributed by atoms with Crippen LogP contribution in [-0.4, -0.2) is 6.04 Å². The van der Waals surface area contributed by atoms with Crippen molar-refractivity contribution in [1.29, 1.82) is 0 Å². The fourth-order valence-corrected chi connectivity index (χ4v) is 2.52. The zero-order valence-corrected chi connectivity index (χ0v) is 13.1.